The van der Waals surface area contributed by atoms with E-state index in [1.165, 1.54) is 0 Å². The van der Waals surface area contributed by atoms with Gasteiger partial charge in [0.25, 0.3) is 0 Å². The number of ether oxygens (including phenoxy) is 3. The van der Waals surface area contributed by atoms with E-state index in [0.717, 1.165) is 43.3 Å². The van der Waals surface area contributed by atoms with Crippen molar-refractivity contribution >= 4 is 16.7 Å². The molecule has 0 spiro atoms. The molecular weight excluding hydrogens is 322 g/mol. The van der Waals surface area contributed by atoms with Crippen LogP contribution in [0.3, 0.4) is 0 Å². The number of methoxy groups -OCH3 is 1. The summed E-state index contributed by atoms with van der Waals surface area (Å²) >= 11 is 0. The average Bonchev–Trinajstić information content (AvgIpc) is 3.16. The molecule has 0 radical (unpaired) electrons. The summed E-state index contributed by atoms with van der Waals surface area (Å²) in [4.78, 5) is 2.25. The summed E-state index contributed by atoms with van der Waals surface area (Å²) < 4.78 is 21.5. The molecule has 130 valence electrons. The lowest BCUT2D eigenvalue weighted by Gasteiger charge is -2.29. The van der Waals surface area contributed by atoms with Crippen molar-refractivity contribution < 1.29 is 18.8 Å². The number of benzene rings is 2. The first kappa shape index (κ1) is 15.7. The fourth-order valence-corrected chi connectivity index (χ4v) is 2.84. The molecular formula is C18H19N3O4. The van der Waals surface area contributed by atoms with Crippen LogP contribution in [0.5, 0.6) is 11.5 Å². The number of hydrogen-bond acceptors (Lipinski definition) is 7. The van der Waals surface area contributed by atoms with E-state index < -0.39 is 0 Å². The number of nitrogens with zero attached hydrogens (tertiary/aromatic N) is 3. The van der Waals surface area contributed by atoms with E-state index in [-0.39, 0.29) is 0 Å². The van der Waals surface area contributed by atoms with E-state index in [1.807, 2.05) is 36.4 Å². The van der Waals surface area contributed by atoms with Gasteiger partial charge in [-0.15, -0.1) is 0 Å². The molecule has 0 N–H and O–H groups in total. The van der Waals surface area contributed by atoms with Gasteiger partial charge in [0.15, 0.2) is 11.3 Å². The Bertz CT molecular complexity index is 841. The van der Waals surface area contributed by atoms with Gasteiger partial charge in [0.2, 0.25) is 0 Å². The van der Waals surface area contributed by atoms with Crippen molar-refractivity contribution in [2.45, 2.75) is 6.61 Å². The van der Waals surface area contributed by atoms with E-state index in [9.17, 15) is 0 Å². The van der Waals surface area contributed by atoms with Gasteiger partial charge in [-0.2, -0.15) is 0 Å². The first-order valence-corrected chi connectivity index (χ1v) is 8.18. The van der Waals surface area contributed by atoms with Gasteiger partial charge in [-0.25, -0.2) is 4.63 Å². The molecule has 2 heterocycles. The van der Waals surface area contributed by atoms with Crippen LogP contribution in [0.4, 0.5) is 5.69 Å². The quantitative estimate of drug-likeness (QED) is 0.706. The number of anilines is 1. The van der Waals surface area contributed by atoms with Gasteiger partial charge in [-0.1, -0.05) is 12.1 Å². The highest BCUT2D eigenvalue weighted by molar-refractivity contribution is 5.84. The molecule has 7 nitrogen and oxygen atoms in total. The predicted molar refractivity (Wildman–Crippen MR) is 92.2 cm³/mol. The van der Waals surface area contributed by atoms with Crippen LogP contribution < -0.4 is 14.4 Å². The van der Waals surface area contributed by atoms with Crippen LogP contribution in [-0.2, 0) is 11.3 Å². The van der Waals surface area contributed by atoms with Crippen LogP contribution in [0, 0.1) is 0 Å². The zero-order valence-electron chi connectivity index (χ0n) is 14.0. The third-order valence-corrected chi connectivity index (χ3v) is 4.24. The van der Waals surface area contributed by atoms with Crippen molar-refractivity contribution in [2.75, 3.05) is 38.3 Å². The minimum atomic E-state index is 0.429. The molecule has 2 aromatic carbocycles. The zero-order valence-corrected chi connectivity index (χ0v) is 14.0. The third kappa shape index (κ3) is 3.36. The van der Waals surface area contributed by atoms with E-state index >= 15 is 0 Å². The van der Waals surface area contributed by atoms with Crippen molar-refractivity contribution in [3.8, 4) is 11.5 Å². The lowest BCUT2D eigenvalue weighted by atomic mass is 10.2. The topological polar surface area (TPSA) is 69.9 Å². The molecule has 1 fully saturated rings. The molecule has 1 aliphatic rings. The lowest BCUT2D eigenvalue weighted by molar-refractivity contribution is 0.122. The summed E-state index contributed by atoms with van der Waals surface area (Å²) in [5, 5.41) is 7.94. The zero-order chi connectivity index (χ0) is 17.1. The van der Waals surface area contributed by atoms with Crippen LogP contribution in [0.25, 0.3) is 11.0 Å². The second-order valence-electron chi connectivity index (χ2n) is 5.81. The summed E-state index contributed by atoms with van der Waals surface area (Å²) in [6.45, 7) is 3.55. The Hall–Kier alpha value is -2.80. The molecule has 0 amide bonds. The fraction of sp³-hybridized carbons (Fsp3) is 0.333. The van der Waals surface area contributed by atoms with E-state index in [2.05, 4.69) is 15.2 Å². The molecule has 0 bridgehead atoms. The van der Waals surface area contributed by atoms with Gasteiger partial charge in [-0.05, 0) is 34.1 Å². The predicted octanol–water partition coefficient (Wildman–Crippen LogP) is 2.65. The smallest absolute Gasteiger partial charge is 0.177 e. The molecule has 1 saturated heterocycles. The summed E-state index contributed by atoms with van der Waals surface area (Å²) in [5.41, 5.74) is 3.40. The van der Waals surface area contributed by atoms with Crippen molar-refractivity contribution in [2.24, 2.45) is 0 Å². The van der Waals surface area contributed by atoms with Gasteiger partial charge in [-0.3, -0.25) is 0 Å². The molecule has 1 aromatic heterocycles. The second-order valence-corrected chi connectivity index (χ2v) is 5.81. The minimum absolute atomic E-state index is 0.429. The summed E-state index contributed by atoms with van der Waals surface area (Å²) in [7, 11) is 1.65. The highest BCUT2D eigenvalue weighted by Gasteiger charge is 2.17. The van der Waals surface area contributed by atoms with Gasteiger partial charge < -0.3 is 19.1 Å². The lowest BCUT2D eigenvalue weighted by Crippen LogP contribution is -2.36. The maximum atomic E-state index is 6.01. The Morgan fingerprint density at radius 3 is 2.64 bits per heavy atom. The standard InChI is InChI=1S/C18H19N3O4/c1-22-15-4-2-13(3-5-15)12-24-17-11-14(21-6-8-23-9-7-21)10-16-18(17)20-25-19-16/h2-5,10-11H,6-9,12H2,1H3. The monoisotopic (exact) mass is 341 g/mol. The number of rotatable bonds is 5. The molecule has 0 unspecified atom stereocenters. The van der Waals surface area contributed by atoms with Crippen molar-refractivity contribution in [3.05, 3.63) is 42.0 Å². The Morgan fingerprint density at radius 2 is 1.88 bits per heavy atom. The molecule has 0 aliphatic carbocycles. The molecule has 25 heavy (non-hydrogen) atoms. The minimum Gasteiger partial charge on any atom is -0.497 e. The normalized spacial score (nSPS) is 14.7. The molecule has 3 aromatic rings. The second kappa shape index (κ2) is 6.98. The maximum Gasteiger partial charge on any atom is 0.177 e. The van der Waals surface area contributed by atoms with Gasteiger partial charge in [0.05, 0.1) is 20.3 Å². The third-order valence-electron chi connectivity index (χ3n) is 4.24. The first-order valence-electron chi connectivity index (χ1n) is 8.18. The Morgan fingerprint density at radius 1 is 1.08 bits per heavy atom. The molecule has 4 rings (SSSR count). The van der Waals surface area contributed by atoms with Crippen LogP contribution in [0.1, 0.15) is 5.56 Å². The van der Waals surface area contributed by atoms with Crippen LogP contribution in [0.15, 0.2) is 41.0 Å². The van der Waals surface area contributed by atoms with Gasteiger partial charge in [0, 0.05) is 24.8 Å². The number of fused-ring (bicyclic) bond motifs is 1. The molecule has 0 atom stereocenters. The van der Waals surface area contributed by atoms with Crippen LogP contribution >= 0.6 is 0 Å². The van der Waals surface area contributed by atoms with E-state index in [4.69, 9.17) is 18.8 Å². The fourth-order valence-electron chi connectivity index (χ4n) is 2.84. The Labute approximate surface area is 145 Å². The highest BCUT2D eigenvalue weighted by atomic mass is 16.6. The van der Waals surface area contributed by atoms with E-state index in [1.54, 1.807) is 7.11 Å². The van der Waals surface area contributed by atoms with Crippen molar-refractivity contribution in [3.63, 3.8) is 0 Å². The van der Waals surface area contributed by atoms with Gasteiger partial charge >= 0.3 is 0 Å². The van der Waals surface area contributed by atoms with Crippen molar-refractivity contribution in [1.82, 2.24) is 10.3 Å². The van der Waals surface area contributed by atoms with Gasteiger partial charge in [0.1, 0.15) is 17.9 Å². The Balaban J connectivity index is 1.57. The summed E-state index contributed by atoms with van der Waals surface area (Å²) in [6.07, 6.45) is 0. The van der Waals surface area contributed by atoms with Crippen molar-refractivity contribution in [1.29, 1.82) is 0 Å². The average molecular weight is 341 g/mol. The van der Waals surface area contributed by atoms with Crippen LogP contribution in [0.2, 0.25) is 0 Å². The number of morpholine rings is 1. The summed E-state index contributed by atoms with van der Waals surface area (Å²) in [5.74, 6) is 1.48. The Kier molecular flexibility index (Phi) is 4.39. The highest BCUT2D eigenvalue weighted by Crippen LogP contribution is 2.31. The molecule has 7 heteroatoms. The maximum absolute atomic E-state index is 6.01. The largest absolute Gasteiger partial charge is 0.497 e. The number of aromatic nitrogens is 2. The number of hydrogen-bond donors (Lipinski definition) is 0. The molecule has 1 aliphatic heterocycles. The SMILES string of the molecule is COc1ccc(COc2cc(N3CCOCC3)cc3nonc23)cc1. The first-order chi connectivity index (χ1) is 12.3. The summed E-state index contributed by atoms with van der Waals surface area (Å²) in [6, 6.07) is 11.7. The van der Waals surface area contributed by atoms with E-state index in [0.29, 0.717) is 23.4 Å². The molecule has 0 saturated carbocycles. The van der Waals surface area contributed by atoms with Crippen LogP contribution in [-0.4, -0.2) is 43.7 Å².